The molecule has 4 N–H and O–H groups in total. The van der Waals surface area contributed by atoms with Crippen molar-refractivity contribution in [1.29, 1.82) is 0 Å². The Bertz CT molecular complexity index is 632. The van der Waals surface area contributed by atoms with E-state index in [0.717, 1.165) is 11.1 Å². The Morgan fingerprint density at radius 2 is 1.52 bits per heavy atom. The number of benzene rings is 2. The van der Waals surface area contributed by atoms with Gasteiger partial charge in [-0.3, -0.25) is 10.2 Å². The molecule has 2 aromatic rings. The minimum atomic E-state index is -0.800. The third-order valence-electron chi connectivity index (χ3n) is 3.25. The van der Waals surface area contributed by atoms with Crippen molar-refractivity contribution >= 4 is 12.0 Å². The van der Waals surface area contributed by atoms with Gasteiger partial charge in [0.2, 0.25) is 0 Å². The summed E-state index contributed by atoms with van der Waals surface area (Å²) in [6.45, 7) is 0.134. The number of hydrogen-bond acceptors (Lipinski definition) is 4. The van der Waals surface area contributed by atoms with Gasteiger partial charge < -0.3 is 10.1 Å². The predicted molar refractivity (Wildman–Crippen MR) is 86.0 cm³/mol. The lowest BCUT2D eigenvalue weighted by atomic mass is 10.1. The largest absolute Gasteiger partial charge is 0.445 e. The maximum atomic E-state index is 11.9. The molecule has 0 aliphatic carbocycles. The molecule has 2 amide bonds. The summed E-state index contributed by atoms with van der Waals surface area (Å²) in [5, 5.41) is 2.53. The lowest BCUT2D eigenvalue weighted by Gasteiger charge is -2.17. The summed E-state index contributed by atoms with van der Waals surface area (Å²) in [5.41, 5.74) is 3.83. The molecule has 0 spiro atoms. The zero-order valence-corrected chi connectivity index (χ0v) is 12.6. The number of alkyl carbamates (subject to hydrolysis) is 1. The van der Waals surface area contributed by atoms with E-state index in [1.807, 2.05) is 60.7 Å². The summed E-state index contributed by atoms with van der Waals surface area (Å²) >= 11 is 0. The molecule has 0 fully saturated rings. The molecule has 6 nitrogen and oxygen atoms in total. The Balaban J connectivity index is 1.91. The highest BCUT2D eigenvalue weighted by atomic mass is 16.5. The Morgan fingerprint density at radius 1 is 0.957 bits per heavy atom. The molecule has 0 bridgehead atoms. The van der Waals surface area contributed by atoms with E-state index in [1.54, 1.807) is 0 Å². The van der Waals surface area contributed by atoms with Crippen molar-refractivity contribution in [2.75, 3.05) is 0 Å². The highest BCUT2D eigenvalue weighted by Gasteiger charge is 2.21. The maximum Gasteiger partial charge on any atom is 0.408 e. The van der Waals surface area contributed by atoms with Gasteiger partial charge in [0.05, 0.1) is 0 Å². The van der Waals surface area contributed by atoms with Crippen molar-refractivity contribution in [3.63, 3.8) is 0 Å². The fourth-order valence-electron chi connectivity index (χ4n) is 2.07. The van der Waals surface area contributed by atoms with Crippen LogP contribution in [0.5, 0.6) is 0 Å². The SMILES string of the molecule is NNC(=O)[C@H](Cc1ccccc1)NC(=O)OCc1ccccc1. The van der Waals surface area contributed by atoms with E-state index in [0.29, 0.717) is 6.42 Å². The van der Waals surface area contributed by atoms with Crippen LogP contribution >= 0.6 is 0 Å². The molecule has 0 aromatic heterocycles. The number of nitrogens with one attached hydrogen (secondary N) is 2. The van der Waals surface area contributed by atoms with Gasteiger partial charge in [-0.2, -0.15) is 0 Å². The second-order valence-electron chi connectivity index (χ2n) is 4.96. The van der Waals surface area contributed by atoms with E-state index in [-0.39, 0.29) is 6.61 Å². The van der Waals surface area contributed by atoms with Gasteiger partial charge in [-0.05, 0) is 11.1 Å². The van der Waals surface area contributed by atoms with Crippen molar-refractivity contribution in [3.05, 3.63) is 71.8 Å². The molecule has 120 valence electrons. The smallest absolute Gasteiger partial charge is 0.408 e. The lowest BCUT2D eigenvalue weighted by Crippen LogP contribution is -2.50. The Hall–Kier alpha value is -2.86. The fraction of sp³-hybridized carbons (Fsp3) is 0.176. The number of hydrazine groups is 1. The molecule has 1 atom stereocenters. The molecule has 2 aromatic carbocycles. The molecule has 6 heteroatoms. The molecule has 0 unspecified atom stereocenters. The zero-order chi connectivity index (χ0) is 16.5. The van der Waals surface area contributed by atoms with E-state index >= 15 is 0 Å². The standard InChI is InChI=1S/C17H19N3O3/c18-20-16(21)15(11-13-7-3-1-4-8-13)19-17(22)23-12-14-9-5-2-6-10-14/h1-10,15H,11-12,18H2,(H,19,22)(H,20,21)/t15-/m0/s1. The monoisotopic (exact) mass is 313 g/mol. The molecule has 0 heterocycles. The summed E-state index contributed by atoms with van der Waals surface area (Å²) in [6.07, 6.45) is -0.344. The van der Waals surface area contributed by atoms with Crippen LogP contribution in [0.3, 0.4) is 0 Å². The zero-order valence-electron chi connectivity index (χ0n) is 12.6. The summed E-state index contributed by atoms with van der Waals surface area (Å²) < 4.78 is 5.12. The Morgan fingerprint density at radius 3 is 2.09 bits per heavy atom. The average Bonchev–Trinajstić information content (AvgIpc) is 2.60. The summed E-state index contributed by atoms with van der Waals surface area (Å²) in [4.78, 5) is 23.7. The van der Waals surface area contributed by atoms with Gasteiger partial charge in [-0.15, -0.1) is 0 Å². The number of ether oxygens (including phenoxy) is 1. The van der Waals surface area contributed by atoms with Gasteiger partial charge in [0, 0.05) is 6.42 Å². The van der Waals surface area contributed by atoms with Crippen LogP contribution in [0, 0.1) is 0 Å². The second kappa shape index (κ2) is 8.55. The van der Waals surface area contributed by atoms with E-state index in [1.165, 1.54) is 0 Å². The van der Waals surface area contributed by atoms with Crippen molar-refractivity contribution in [1.82, 2.24) is 10.7 Å². The maximum absolute atomic E-state index is 11.9. The normalized spacial score (nSPS) is 11.3. The van der Waals surface area contributed by atoms with Gasteiger partial charge in [-0.1, -0.05) is 60.7 Å². The average molecular weight is 313 g/mol. The molecule has 0 aliphatic heterocycles. The van der Waals surface area contributed by atoms with Crippen LogP contribution in [0.2, 0.25) is 0 Å². The van der Waals surface area contributed by atoms with Gasteiger partial charge in [0.15, 0.2) is 0 Å². The number of carbonyl (C=O) groups is 2. The lowest BCUT2D eigenvalue weighted by molar-refractivity contribution is -0.123. The van der Waals surface area contributed by atoms with Crippen LogP contribution in [-0.4, -0.2) is 18.0 Å². The molecule has 0 radical (unpaired) electrons. The highest BCUT2D eigenvalue weighted by Crippen LogP contribution is 2.05. The van der Waals surface area contributed by atoms with Crippen LogP contribution in [-0.2, 0) is 22.6 Å². The van der Waals surface area contributed by atoms with Crippen LogP contribution < -0.4 is 16.6 Å². The molecule has 0 saturated carbocycles. The molecule has 2 rings (SSSR count). The number of amides is 2. The minimum Gasteiger partial charge on any atom is -0.445 e. The number of rotatable bonds is 6. The van der Waals surface area contributed by atoms with Gasteiger partial charge in [0.1, 0.15) is 12.6 Å². The molecular weight excluding hydrogens is 294 g/mol. The summed E-state index contributed by atoms with van der Waals surface area (Å²) in [7, 11) is 0. The van der Waals surface area contributed by atoms with Crippen LogP contribution in [0.4, 0.5) is 4.79 Å². The molecule has 0 aliphatic rings. The Labute approximate surface area is 134 Å². The number of carbonyl (C=O) groups excluding carboxylic acids is 2. The van der Waals surface area contributed by atoms with Gasteiger partial charge in [0.25, 0.3) is 5.91 Å². The third-order valence-corrected chi connectivity index (χ3v) is 3.25. The van der Waals surface area contributed by atoms with Gasteiger partial charge in [-0.25, -0.2) is 10.6 Å². The highest BCUT2D eigenvalue weighted by molar-refractivity contribution is 5.85. The minimum absolute atomic E-state index is 0.134. The van der Waals surface area contributed by atoms with Crippen molar-refractivity contribution in [2.24, 2.45) is 5.84 Å². The summed E-state index contributed by atoms with van der Waals surface area (Å²) in [6, 6.07) is 17.8. The van der Waals surface area contributed by atoms with E-state index < -0.39 is 18.0 Å². The quantitative estimate of drug-likeness (QED) is 0.428. The molecular formula is C17H19N3O3. The number of nitrogens with two attached hydrogens (primary N) is 1. The van der Waals surface area contributed by atoms with E-state index in [4.69, 9.17) is 10.6 Å². The Kier molecular flexibility index (Phi) is 6.14. The summed E-state index contributed by atoms with van der Waals surface area (Å²) in [5.74, 6) is 4.69. The van der Waals surface area contributed by atoms with Crippen LogP contribution in [0.15, 0.2) is 60.7 Å². The number of hydrogen-bond donors (Lipinski definition) is 3. The second-order valence-corrected chi connectivity index (χ2v) is 4.96. The first-order valence-corrected chi connectivity index (χ1v) is 7.20. The van der Waals surface area contributed by atoms with E-state index in [9.17, 15) is 9.59 Å². The first-order valence-electron chi connectivity index (χ1n) is 7.20. The van der Waals surface area contributed by atoms with Crippen molar-refractivity contribution in [2.45, 2.75) is 19.1 Å². The van der Waals surface area contributed by atoms with Crippen molar-refractivity contribution < 1.29 is 14.3 Å². The van der Waals surface area contributed by atoms with Crippen LogP contribution in [0.25, 0.3) is 0 Å². The van der Waals surface area contributed by atoms with Crippen molar-refractivity contribution in [3.8, 4) is 0 Å². The van der Waals surface area contributed by atoms with E-state index in [2.05, 4.69) is 10.7 Å². The topological polar surface area (TPSA) is 93.5 Å². The fourth-order valence-corrected chi connectivity index (χ4v) is 2.07. The first-order chi connectivity index (χ1) is 11.2. The molecule has 0 saturated heterocycles. The molecule has 23 heavy (non-hydrogen) atoms. The predicted octanol–water partition coefficient (Wildman–Crippen LogP) is 1.51. The van der Waals surface area contributed by atoms with Gasteiger partial charge >= 0.3 is 6.09 Å². The third kappa shape index (κ3) is 5.44. The van der Waals surface area contributed by atoms with Crippen LogP contribution in [0.1, 0.15) is 11.1 Å². The first kappa shape index (κ1) is 16.5.